The van der Waals surface area contributed by atoms with Crippen LogP contribution in [0, 0.1) is 0 Å². The number of ether oxygens (including phenoxy) is 4. The minimum absolute atomic E-state index is 0.160. The van der Waals surface area contributed by atoms with Gasteiger partial charge in [-0.1, -0.05) is 6.07 Å². The number of fused-ring (bicyclic) bond motifs is 2. The maximum Gasteiger partial charge on any atom is 0.200 e. The van der Waals surface area contributed by atoms with Gasteiger partial charge in [-0.15, -0.1) is 0 Å². The van der Waals surface area contributed by atoms with Gasteiger partial charge in [0, 0.05) is 6.07 Å². The summed E-state index contributed by atoms with van der Waals surface area (Å²) in [4.78, 5) is 13.1. The molecule has 1 saturated heterocycles. The molecule has 0 radical (unpaired) electrons. The fourth-order valence-electron chi connectivity index (χ4n) is 4.10. The van der Waals surface area contributed by atoms with Crippen LogP contribution in [0.4, 0.5) is 0 Å². The second-order valence-electron chi connectivity index (χ2n) is 8.17. The van der Waals surface area contributed by atoms with Crippen LogP contribution in [-0.2, 0) is 4.74 Å². The second-order valence-corrected chi connectivity index (χ2v) is 8.17. The van der Waals surface area contributed by atoms with E-state index in [0.717, 1.165) is 0 Å². The first kappa shape index (κ1) is 22.6. The van der Waals surface area contributed by atoms with E-state index < -0.39 is 37.1 Å². The van der Waals surface area contributed by atoms with Gasteiger partial charge in [-0.3, -0.25) is 4.79 Å². The molecule has 34 heavy (non-hydrogen) atoms. The summed E-state index contributed by atoms with van der Waals surface area (Å²) >= 11 is 0. The Morgan fingerprint density at radius 1 is 0.912 bits per heavy atom. The van der Waals surface area contributed by atoms with Crippen molar-refractivity contribution in [2.24, 2.45) is 0 Å². The minimum Gasteiger partial charge on any atom is -0.491 e. The van der Waals surface area contributed by atoms with Crippen molar-refractivity contribution in [3.8, 4) is 28.4 Å². The van der Waals surface area contributed by atoms with Gasteiger partial charge in [0.25, 0.3) is 0 Å². The molecule has 1 aromatic heterocycles. The summed E-state index contributed by atoms with van der Waals surface area (Å²) < 4.78 is 27.9. The highest BCUT2D eigenvalue weighted by molar-refractivity contribution is 5.83. The number of aliphatic hydroxyl groups excluding tert-OH is 4. The van der Waals surface area contributed by atoms with Crippen molar-refractivity contribution in [3.63, 3.8) is 0 Å². The lowest BCUT2D eigenvalue weighted by Gasteiger charge is -2.39. The summed E-state index contributed by atoms with van der Waals surface area (Å²) in [6.45, 7) is 0.237. The normalized spacial score (nSPS) is 26.4. The molecule has 0 amide bonds. The van der Waals surface area contributed by atoms with Crippen molar-refractivity contribution in [3.05, 3.63) is 52.9 Å². The molecule has 1 fully saturated rings. The van der Waals surface area contributed by atoms with Crippen LogP contribution in [0.1, 0.15) is 0 Å². The zero-order chi connectivity index (χ0) is 23.8. The number of benzene rings is 2. The highest BCUT2D eigenvalue weighted by Gasteiger charge is 2.43. The summed E-state index contributed by atoms with van der Waals surface area (Å²) in [5, 5.41) is 39.6. The monoisotopic (exact) mass is 472 g/mol. The molecular weight excluding hydrogens is 448 g/mol. The third-order valence-electron chi connectivity index (χ3n) is 6.00. The summed E-state index contributed by atoms with van der Waals surface area (Å²) in [7, 11) is 0. The summed E-state index contributed by atoms with van der Waals surface area (Å²) in [5.41, 5.74) is 1.10. The van der Waals surface area contributed by atoms with E-state index >= 15 is 0 Å². The van der Waals surface area contributed by atoms with Crippen LogP contribution in [0.3, 0.4) is 0 Å². The van der Waals surface area contributed by atoms with Gasteiger partial charge in [0.05, 0.1) is 17.6 Å². The van der Waals surface area contributed by atoms with Gasteiger partial charge in [-0.05, 0) is 29.8 Å². The molecule has 10 heteroatoms. The minimum atomic E-state index is -1.48. The van der Waals surface area contributed by atoms with Gasteiger partial charge in [0.1, 0.15) is 67.9 Å². The van der Waals surface area contributed by atoms with Crippen LogP contribution in [0.15, 0.2) is 51.9 Å². The van der Waals surface area contributed by atoms with Gasteiger partial charge < -0.3 is 43.8 Å². The molecule has 0 unspecified atom stereocenters. The zero-order valence-corrected chi connectivity index (χ0v) is 18.0. The van der Waals surface area contributed by atoms with Crippen molar-refractivity contribution in [1.29, 1.82) is 0 Å². The molecule has 4 N–H and O–H groups in total. The first-order valence-corrected chi connectivity index (χ1v) is 10.8. The highest BCUT2D eigenvalue weighted by atomic mass is 16.6. The van der Waals surface area contributed by atoms with Crippen LogP contribution < -0.4 is 19.6 Å². The number of aliphatic hydroxyl groups is 4. The Labute approximate surface area is 193 Å². The lowest BCUT2D eigenvalue weighted by atomic mass is 9.95. The fourth-order valence-corrected chi connectivity index (χ4v) is 4.10. The lowest BCUT2D eigenvalue weighted by Crippen LogP contribution is -2.59. The van der Waals surface area contributed by atoms with Crippen molar-refractivity contribution < 1.29 is 43.8 Å². The van der Waals surface area contributed by atoms with Crippen molar-refractivity contribution in [2.75, 3.05) is 26.4 Å². The molecule has 5 atom stereocenters. The third kappa shape index (κ3) is 4.10. The van der Waals surface area contributed by atoms with E-state index in [1.165, 1.54) is 12.3 Å². The van der Waals surface area contributed by atoms with E-state index in [4.69, 9.17) is 23.4 Å². The van der Waals surface area contributed by atoms with Crippen LogP contribution in [0.2, 0.25) is 0 Å². The molecule has 2 aliphatic rings. The molecule has 0 saturated carbocycles. The molecule has 3 aromatic rings. The van der Waals surface area contributed by atoms with Crippen LogP contribution in [0.5, 0.6) is 17.2 Å². The van der Waals surface area contributed by atoms with E-state index in [9.17, 15) is 25.2 Å². The predicted molar refractivity (Wildman–Crippen MR) is 118 cm³/mol. The van der Waals surface area contributed by atoms with Gasteiger partial charge in [-0.2, -0.15) is 0 Å². The third-order valence-corrected chi connectivity index (χ3v) is 6.00. The van der Waals surface area contributed by atoms with Gasteiger partial charge in [-0.25, -0.2) is 0 Å². The molecule has 0 spiro atoms. The highest BCUT2D eigenvalue weighted by Crippen LogP contribution is 2.34. The fraction of sp³-hybridized carbons (Fsp3) is 0.375. The van der Waals surface area contributed by atoms with E-state index in [-0.39, 0.29) is 12.0 Å². The smallest absolute Gasteiger partial charge is 0.200 e. The molecule has 0 aliphatic carbocycles. The molecule has 0 bridgehead atoms. The van der Waals surface area contributed by atoms with E-state index in [2.05, 4.69) is 0 Å². The topological polar surface area (TPSA) is 148 Å². The Bertz CT molecular complexity index is 1240. The van der Waals surface area contributed by atoms with E-state index in [1.54, 1.807) is 30.3 Å². The van der Waals surface area contributed by atoms with Gasteiger partial charge in [0.2, 0.25) is 0 Å². The van der Waals surface area contributed by atoms with E-state index in [1.807, 2.05) is 0 Å². The zero-order valence-electron chi connectivity index (χ0n) is 18.0. The van der Waals surface area contributed by atoms with Crippen LogP contribution in [0.25, 0.3) is 22.1 Å². The van der Waals surface area contributed by atoms with E-state index in [0.29, 0.717) is 52.6 Å². The quantitative estimate of drug-likeness (QED) is 0.413. The summed E-state index contributed by atoms with van der Waals surface area (Å²) in [6, 6.07) is 9.95. The summed E-state index contributed by atoms with van der Waals surface area (Å²) in [6.07, 6.45) is -4.93. The van der Waals surface area contributed by atoms with Gasteiger partial charge in [0.15, 0.2) is 16.9 Å². The SMILES string of the molecule is O=c1c(-c2ccc3c(c2)OCCO3)coc2cc(OC[C@H]3O[C@H](CO)[C@@H](O)[C@H](O)[C@H]3O)ccc12. The Kier molecular flexibility index (Phi) is 6.15. The molecule has 2 aliphatic heterocycles. The van der Waals surface area contributed by atoms with Crippen molar-refractivity contribution in [1.82, 2.24) is 0 Å². The van der Waals surface area contributed by atoms with Crippen LogP contribution in [-0.4, -0.2) is 77.4 Å². The molecular formula is C24H24O10. The predicted octanol–water partition coefficient (Wildman–Crippen LogP) is 0.452. The second kappa shape index (κ2) is 9.24. The van der Waals surface area contributed by atoms with Crippen molar-refractivity contribution >= 4 is 11.0 Å². The average molecular weight is 472 g/mol. The Morgan fingerprint density at radius 3 is 2.47 bits per heavy atom. The number of rotatable bonds is 5. The largest absolute Gasteiger partial charge is 0.491 e. The molecule has 2 aromatic carbocycles. The Balaban J connectivity index is 1.35. The first-order chi connectivity index (χ1) is 16.5. The van der Waals surface area contributed by atoms with Crippen LogP contribution >= 0.6 is 0 Å². The lowest BCUT2D eigenvalue weighted by molar-refractivity contribution is -0.234. The molecule has 5 rings (SSSR count). The maximum absolute atomic E-state index is 13.1. The maximum atomic E-state index is 13.1. The molecule has 180 valence electrons. The standard InChI is InChI=1S/C24H24O10/c25-9-19-22(27)24(29)23(28)20(34-19)11-32-13-2-3-14-17(8-13)33-10-15(21(14)26)12-1-4-16-18(7-12)31-6-5-30-16/h1-4,7-8,10,19-20,22-25,27-29H,5-6,9,11H2/t19-,20-,22-,23+,24+/m1/s1. The van der Waals surface area contributed by atoms with Crippen molar-refractivity contribution in [2.45, 2.75) is 30.5 Å². The molecule has 3 heterocycles. The summed E-state index contributed by atoms with van der Waals surface area (Å²) in [5.74, 6) is 1.54. The number of hydrogen-bond donors (Lipinski definition) is 4. The Morgan fingerprint density at radius 2 is 1.68 bits per heavy atom. The number of hydrogen-bond acceptors (Lipinski definition) is 10. The molecule has 10 nitrogen and oxygen atoms in total. The first-order valence-electron chi connectivity index (χ1n) is 10.8. The van der Waals surface area contributed by atoms with Gasteiger partial charge >= 0.3 is 0 Å². The Hall–Kier alpha value is -3.15. The average Bonchev–Trinajstić information content (AvgIpc) is 2.87.